The molecule has 1 atom stereocenters. The first kappa shape index (κ1) is 28.8. The van der Waals surface area contributed by atoms with Crippen LogP contribution in [0.3, 0.4) is 0 Å². The third-order valence-corrected chi connectivity index (χ3v) is 6.51. The Morgan fingerprint density at radius 3 is 2.63 bits per heavy atom. The van der Waals surface area contributed by atoms with Gasteiger partial charge in [0.25, 0.3) is 5.91 Å². The van der Waals surface area contributed by atoms with E-state index in [1.54, 1.807) is 37.3 Å². The van der Waals surface area contributed by atoms with Crippen LogP contribution in [0.1, 0.15) is 66.1 Å². The van der Waals surface area contributed by atoms with Crippen LogP contribution < -0.4 is 11.1 Å². The minimum Gasteiger partial charge on any atom is -0.477 e. The number of nitro groups is 1. The minimum absolute atomic E-state index is 0.169. The lowest BCUT2D eigenvalue weighted by Crippen LogP contribution is -2.29. The number of nitrogens with zero attached hydrogens (tertiary/aromatic N) is 4. The second-order valence-electron chi connectivity index (χ2n) is 9.11. The number of carboxylic acid groups (broad SMARTS) is 1. The van der Waals surface area contributed by atoms with Crippen LogP contribution in [0, 0.1) is 22.9 Å². The number of rotatable bonds is 6. The molecule has 0 saturated heterocycles. The van der Waals surface area contributed by atoms with Crippen LogP contribution in [0.5, 0.6) is 0 Å². The highest BCUT2D eigenvalue weighted by atomic mass is 19.1. The van der Waals surface area contributed by atoms with E-state index in [4.69, 9.17) is 10.5 Å². The van der Waals surface area contributed by atoms with E-state index >= 15 is 0 Å². The third kappa shape index (κ3) is 6.01. The van der Waals surface area contributed by atoms with Gasteiger partial charge in [-0.2, -0.15) is 5.10 Å². The van der Waals surface area contributed by atoms with E-state index in [9.17, 15) is 34.0 Å². The van der Waals surface area contributed by atoms with Crippen molar-refractivity contribution in [2.24, 2.45) is 5.73 Å². The van der Waals surface area contributed by atoms with Crippen molar-refractivity contribution in [3.05, 3.63) is 104 Å². The molecule has 212 valence electrons. The lowest BCUT2D eigenvalue weighted by Gasteiger charge is -2.15. The quantitative estimate of drug-likeness (QED) is 0.178. The number of nitrogens with two attached hydrogens (primary N) is 1. The highest BCUT2D eigenvalue weighted by molar-refractivity contribution is 5.97. The molecule has 0 fully saturated rings. The van der Waals surface area contributed by atoms with E-state index in [-0.39, 0.29) is 17.2 Å². The van der Waals surface area contributed by atoms with Crippen molar-refractivity contribution in [3.8, 4) is 0 Å². The smallest absolute Gasteiger partial charge is 0.354 e. The lowest BCUT2D eigenvalue weighted by molar-refractivity contribution is -0.383. The summed E-state index contributed by atoms with van der Waals surface area (Å²) in [6.45, 7) is 2.20. The lowest BCUT2D eigenvalue weighted by atomic mass is 10.0. The Morgan fingerprint density at radius 1 is 1.24 bits per heavy atom. The number of fused-ring (bicyclic) bond motifs is 2. The Balaban J connectivity index is 0.000000328. The Morgan fingerprint density at radius 2 is 2.00 bits per heavy atom. The molecule has 41 heavy (non-hydrogen) atoms. The van der Waals surface area contributed by atoms with Crippen LogP contribution in [0.15, 0.2) is 48.7 Å². The molecule has 5 rings (SSSR count). The fraction of sp³-hybridized carbons (Fsp3) is 0.222. The Bertz CT molecular complexity index is 1690. The second kappa shape index (κ2) is 11.9. The SMILES string of the molecule is COC(=O)c1ccc2c(c1)CC[C@@H]2NC(=O)c1cc(C(=O)O)nc2c([N+](=O)[O-])cnn12.Cc1cc(CN)ccc1F. The highest BCUT2D eigenvalue weighted by Gasteiger charge is 2.29. The third-order valence-electron chi connectivity index (χ3n) is 6.51. The van der Waals surface area contributed by atoms with Gasteiger partial charge in [-0.1, -0.05) is 18.2 Å². The van der Waals surface area contributed by atoms with E-state index in [1.807, 2.05) is 0 Å². The molecule has 1 amide bonds. The number of hydrogen-bond acceptors (Lipinski definition) is 9. The molecule has 2 heterocycles. The topological polar surface area (TPSA) is 192 Å². The number of esters is 1. The van der Waals surface area contributed by atoms with Crippen molar-refractivity contribution in [2.75, 3.05) is 7.11 Å². The summed E-state index contributed by atoms with van der Waals surface area (Å²) in [5.74, 6) is -2.73. The van der Waals surface area contributed by atoms with Gasteiger partial charge in [0.1, 0.15) is 17.7 Å². The molecule has 0 bridgehead atoms. The molecule has 0 radical (unpaired) electrons. The number of carbonyl (C=O) groups excluding carboxylic acids is 2. The Kier molecular flexibility index (Phi) is 8.33. The number of halogens is 1. The predicted octanol–water partition coefficient (Wildman–Crippen LogP) is 3.13. The van der Waals surface area contributed by atoms with Gasteiger partial charge in [0, 0.05) is 12.6 Å². The molecule has 0 unspecified atom stereocenters. The van der Waals surface area contributed by atoms with Crippen molar-refractivity contribution in [1.29, 1.82) is 0 Å². The average molecular weight is 565 g/mol. The molecule has 4 N–H and O–H groups in total. The van der Waals surface area contributed by atoms with Gasteiger partial charge >= 0.3 is 17.6 Å². The zero-order valence-electron chi connectivity index (χ0n) is 22.0. The molecule has 14 heteroatoms. The van der Waals surface area contributed by atoms with E-state index < -0.39 is 40.2 Å². The number of carboxylic acids is 1. The van der Waals surface area contributed by atoms with Gasteiger partial charge in [0.2, 0.25) is 5.65 Å². The number of carbonyl (C=O) groups is 3. The first-order valence-corrected chi connectivity index (χ1v) is 12.3. The molecule has 13 nitrogen and oxygen atoms in total. The first-order chi connectivity index (χ1) is 19.5. The number of benzene rings is 2. The maximum absolute atomic E-state index is 13.0. The molecule has 2 aromatic heterocycles. The molecule has 0 saturated carbocycles. The number of aromatic carboxylic acids is 1. The molecule has 1 aliphatic rings. The van der Waals surface area contributed by atoms with Crippen LogP contribution in [-0.4, -0.2) is 49.6 Å². The number of hydrogen-bond donors (Lipinski definition) is 3. The average Bonchev–Trinajstić information content (AvgIpc) is 3.57. The summed E-state index contributed by atoms with van der Waals surface area (Å²) in [6.07, 6.45) is 2.08. The summed E-state index contributed by atoms with van der Waals surface area (Å²) in [6, 6.07) is 10.5. The van der Waals surface area contributed by atoms with Crippen LogP contribution in [-0.2, 0) is 17.7 Å². The van der Waals surface area contributed by atoms with Crippen LogP contribution in [0.2, 0.25) is 0 Å². The summed E-state index contributed by atoms with van der Waals surface area (Å²) >= 11 is 0. The molecular weight excluding hydrogens is 539 g/mol. The van der Waals surface area contributed by atoms with Crippen molar-refractivity contribution in [1.82, 2.24) is 19.9 Å². The van der Waals surface area contributed by atoms with Crippen molar-refractivity contribution in [3.63, 3.8) is 0 Å². The van der Waals surface area contributed by atoms with E-state index in [0.717, 1.165) is 33.5 Å². The van der Waals surface area contributed by atoms with E-state index in [2.05, 4.69) is 15.4 Å². The normalized spacial score (nSPS) is 13.6. The summed E-state index contributed by atoms with van der Waals surface area (Å²) in [4.78, 5) is 50.3. The van der Waals surface area contributed by atoms with E-state index in [1.165, 1.54) is 13.2 Å². The molecule has 4 aromatic rings. The highest BCUT2D eigenvalue weighted by Crippen LogP contribution is 2.32. The standard InChI is InChI=1S/C19H15N5O7.C8H10FN/c1-31-19(28)10-2-4-11-9(6-10)3-5-12(11)22-17(25)14-7-13(18(26)27)21-16-15(24(29)30)8-20-23(14)16;1-6-4-7(5-10)2-3-8(6)9/h2,4,6-8,12H,3,5H2,1H3,(H,22,25)(H,26,27);2-4H,5,10H2,1H3/t12-;/m0./s1. The summed E-state index contributed by atoms with van der Waals surface area (Å²) < 4.78 is 18.3. The van der Waals surface area contributed by atoms with Gasteiger partial charge in [-0.25, -0.2) is 23.5 Å². The number of amides is 1. The second-order valence-corrected chi connectivity index (χ2v) is 9.11. The molecule has 2 aromatic carbocycles. The largest absolute Gasteiger partial charge is 0.477 e. The monoisotopic (exact) mass is 564 g/mol. The van der Waals surface area contributed by atoms with Gasteiger partial charge in [-0.3, -0.25) is 14.9 Å². The minimum atomic E-state index is -1.44. The van der Waals surface area contributed by atoms with Crippen LogP contribution >= 0.6 is 0 Å². The van der Waals surface area contributed by atoms with Gasteiger partial charge in [0.15, 0.2) is 5.69 Å². The predicted molar refractivity (Wildman–Crippen MR) is 142 cm³/mol. The van der Waals surface area contributed by atoms with Gasteiger partial charge < -0.3 is 20.9 Å². The molecule has 0 aliphatic heterocycles. The summed E-state index contributed by atoms with van der Waals surface area (Å²) in [7, 11) is 1.29. The van der Waals surface area contributed by atoms with Crippen LogP contribution in [0.25, 0.3) is 5.65 Å². The number of aromatic nitrogens is 3. The molecule has 0 spiro atoms. The summed E-state index contributed by atoms with van der Waals surface area (Å²) in [5.41, 5.74) is 7.50. The van der Waals surface area contributed by atoms with Gasteiger partial charge in [-0.15, -0.1) is 0 Å². The number of methoxy groups -OCH3 is 1. The first-order valence-electron chi connectivity index (χ1n) is 12.3. The Labute approximate surface area is 231 Å². The number of ether oxygens (including phenoxy) is 1. The van der Waals surface area contributed by atoms with Crippen molar-refractivity contribution in [2.45, 2.75) is 32.4 Å². The fourth-order valence-corrected chi connectivity index (χ4v) is 4.43. The van der Waals surface area contributed by atoms with Crippen LogP contribution in [0.4, 0.5) is 10.1 Å². The number of aryl methyl sites for hydroxylation is 2. The van der Waals surface area contributed by atoms with Gasteiger partial charge in [-0.05, 0) is 60.2 Å². The molecular formula is C27H25FN6O7. The van der Waals surface area contributed by atoms with Crippen molar-refractivity contribution < 1.29 is 33.5 Å². The zero-order chi connectivity index (χ0) is 29.8. The number of nitrogens with one attached hydrogen (secondary N) is 1. The summed E-state index contributed by atoms with van der Waals surface area (Å²) in [5, 5.41) is 27.1. The van der Waals surface area contributed by atoms with Crippen molar-refractivity contribution >= 4 is 29.2 Å². The molecule has 1 aliphatic carbocycles. The Hall–Kier alpha value is -5.24. The maximum Gasteiger partial charge on any atom is 0.354 e. The maximum atomic E-state index is 13.0. The van der Waals surface area contributed by atoms with Gasteiger partial charge in [0.05, 0.1) is 23.6 Å². The zero-order valence-corrected chi connectivity index (χ0v) is 22.0. The van der Waals surface area contributed by atoms with E-state index in [0.29, 0.717) is 30.5 Å². The fourth-order valence-electron chi connectivity index (χ4n) is 4.43.